The van der Waals surface area contributed by atoms with Crippen LogP contribution in [0.5, 0.6) is 0 Å². The van der Waals surface area contributed by atoms with Crippen molar-refractivity contribution in [3.05, 3.63) is 184 Å². The lowest BCUT2D eigenvalue weighted by molar-refractivity contribution is -0.384. The van der Waals surface area contributed by atoms with Gasteiger partial charge in [-0.05, 0) is 73.9 Å². The van der Waals surface area contributed by atoms with Crippen molar-refractivity contribution in [2.24, 2.45) is 0 Å². The van der Waals surface area contributed by atoms with E-state index in [2.05, 4.69) is 109 Å². The molecule has 0 N–H and O–H groups in total. The molecule has 6 rings (SSSR count). The summed E-state index contributed by atoms with van der Waals surface area (Å²) in [5.74, 6) is 0. The highest BCUT2D eigenvalue weighted by Gasteiger charge is 2.15. The minimum absolute atomic E-state index is 0.101. The Morgan fingerprint density at radius 1 is 0.625 bits per heavy atom. The van der Waals surface area contributed by atoms with Crippen LogP contribution < -0.4 is 0 Å². The Balaban J connectivity index is 1.62. The van der Waals surface area contributed by atoms with Gasteiger partial charge < -0.3 is 0 Å². The molecule has 0 amide bonds. The molecule has 0 aliphatic rings. The average molecular weight is 518 g/mol. The van der Waals surface area contributed by atoms with Crippen molar-refractivity contribution >= 4 is 28.1 Å². The Bertz CT molecular complexity index is 1770. The van der Waals surface area contributed by atoms with Crippen molar-refractivity contribution in [2.45, 2.75) is 6.42 Å². The van der Waals surface area contributed by atoms with Crippen LogP contribution in [-0.4, -0.2) is 4.92 Å². The number of non-ortho nitro benzene ring substituents is 1. The summed E-state index contributed by atoms with van der Waals surface area (Å²) in [6, 6.07) is 49.2. The fraction of sp³-hybridized carbons (Fsp3) is 0.0270. The third kappa shape index (κ3) is 5.18. The summed E-state index contributed by atoms with van der Waals surface area (Å²) in [5, 5.41) is 13.6. The van der Waals surface area contributed by atoms with Crippen molar-refractivity contribution in [1.29, 1.82) is 0 Å². The summed E-state index contributed by atoms with van der Waals surface area (Å²) in [5.41, 5.74) is 9.20. The van der Waals surface area contributed by atoms with Gasteiger partial charge in [0.1, 0.15) is 0 Å². The van der Waals surface area contributed by atoms with Crippen LogP contribution in [0.4, 0.5) is 5.69 Å². The van der Waals surface area contributed by atoms with Crippen LogP contribution >= 0.6 is 0 Å². The molecule has 0 atom stereocenters. The van der Waals surface area contributed by atoms with Crippen molar-refractivity contribution in [1.82, 2.24) is 0 Å². The summed E-state index contributed by atoms with van der Waals surface area (Å²) in [6.45, 7) is 0. The number of nitrogens with zero attached hydrogens (tertiary/aromatic N) is 1. The third-order valence-corrected chi connectivity index (χ3v) is 7.27. The van der Waals surface area contributed by atoms with Gasteiger partial charge in [0.15, 0.2) is 0 Å². The van der Waals surface area contributed by atoms with E-state index >= 15 is 0 Å². The topological polar surface area (TPSA) is 43.1 Å². The molecule has 0 heterocycles. The maximum Gasteiger partial charge on any atom is 0.269 e. The molecule has 0 spiro atoms. The zero-order chi connectivity index (χ0) is 27.3. The van der Waals surface area contributed by atoms with E-state index < -0.39 is 0 Å². The first-order chi connectivity index (χ1) is 19.7. The fourth-order valence-electron chi connectivity index (χ4n) is 5.30. The van der Waals surface area contributed by atoms with Crippen LogP contribution in [0, 0.1) is 10.1 Å². The van der Waals surface area contributed by atoms with Gasteiger partial charge in [-0.1, -0.05) is 127 Å². The molecule has 0 saturated heterocycles. The van der Waals surface area contributed by atoms with Crippen LogP contribution in [0.1, 0.15) is 27.8 Å². The third-order valence-electron chi connectivity index (χ3n) is 7.27. The van der Waals surface area contributed by atoms with Crippen molar-refractivity contribution in [3.8, 4) is 11.1 Å². The van der Waals surface area contributed by atoms with Crippen LogP contribution in [0.25, 0.3) is 33.5 Å². The molecule has 0 radical (unpaired) electrons. The molecule has 3 heteroatoms. The molecule has 0 unspecified atom stereocenters. The largest absolute Gasteiger partial charge is 0.269 e. The van der Waals surface area contributed by atoms with E-state index in [9.17, 15) is 10.1 Å². The van der Waals surface area contributed by atoms with Gasteiger partial charge in [-0.15, -0.1) is 0 Å². The number of fused-ring (bicyclic) bond motifs is 1. The van der Waals surface area contributed by atoms with E-state index in [0.717, 1.165) is 33.4 Å². The molecule has 0 aliphatic heterocycles. The van der Waals surface area contributed by atoms with E-state index in [1.165, 1.54) is 21.9 Å². The van der Waals surface area contributed by atoms with Crippen LogP contribution in [0.15, 0.2) is 146 Å². The Kier molecular flexibility index (Phi) is 7.02. The average Bonchev–Trinajstić information content (AvgIpc) is 3.02. The predicted octanol–water partition coefficient (Wildman–Crippen LogP) is 9.59. The molecule has 40 heavy (non-hydrogen) atoms. The van der Waals surface area contributed by atoms with E-state index in [4.69, 9.17) is 0 Å². The highest BCUT2D eigenvalue weighted by atomic mass is 16.6. The second kappa shape index (κ2) is 11.2. The van der Waals surface area contributed by atoms with Gasteiger partial charge in [-0.3, -0.25) is 10.1 Å². The SMILES string of the molecule is O=[N+]([O-])c1ccc(Cc2c(C=C(c3ccccc3)c3ccccc3)cc(-c3ccccc3)c3ccccc23)cc1. The van der Waals surface area contributed by atoms with E-state index in [0.29, 0.717) is 6.42 Å². The predicted molar refractivity (Wildman–Crippen MR) is 165 cm³/mol. The summed E-state index contributed by atoms with van der Waals surface area (Å²) in [6.07, 6.45) is 2.94. The Hall–Kier alpha value is -5.28. The Morgan fingerprint density at radius 3 is 1.73 bits per heavy atom. The molecule has 0 fully saturated rings. The normalized spacial score (nSPS) is 10.8. The van der Waals surface area contributed by atoms with Gasteiger partial charge in [0, 0.05) is 12.1 Å². The lowest BCUT2D eigenvalue weighted by Gasteiger charge is -2.18. The van der Waals surface area contributed by atoms with Gasteiger partial charge in [-0.2, -0.15) is 0 Å². The molecule has 0 aromatic heterocycles. The van der Waals surface area contributed by atoms with Crippen LogP contribution in [0.2, 0.25) is 0 Å². The molecule has 6 aromatic carbocycles. The highest BCUT2D eigenvalue weighted by Crippen LogP contribution is 2.37. The second-order valence-electron chi connectivity index (χ2n) is 9.79. The second-order valence-corrected chi connectivity index (χ2v) is 9.79. The minimum atomic E-state index is -0.353. The Labute approximate surface area is 233 Å². The standard InChI is InChI=1S/C37H27NO2/c39-38(40)32-22-20-27(21-23-32)24-36-31(25-35(28-12-4-1-5-13-28)29-14-6-2-7-15-29)26-37(30-16-8-3-9-17-30)34-19-11-10-18-33(34)36/h1-23,25-26H,24H2. The monoisotopic (exact) mass is 517 g/mol. The number of nitro groups is 1. The zero-order valence-electron chi connectivity index (χ0n) is 21.9. The van der Waals surface area contributed by atoms with Gasteiger partial charge in [-0.25, -0.2) is 0 Å². The number of benzene rings is 6. The van der Waals surface area contributed by atoms with Crippen molar-refractivity contribution < 1.29 is 4.92 Å². The number of rotatable bonds is 7. The number of hydrogen-bond donors (Lipinski definition) is 0. The lowest BCUT2D eigenvalue weighted by atomic mass is 9.86. The van der Waals surface area contributed by atoms with Gasteiger partial charge in [0.2, 0.25) is 0 Å². The molecular formula is C37H27NO2. The van der Waals surface area contributed by atoms with Crippen LogP contribution in [-0.2, 0) is 6.42 Å². The maximum atomic E-state index is 11.3. The smallest absolute Gasteiger partial charge is 0.258 e. The molecule has 192 valence electrons. The zero-order valence-corrected chi connectivity index (χ0v) is 21.9. The van der Waals surface area contributed by atoms with E-state index in [1.807, 2.05) is 30.3 Å². The van der Waals surface area contributed by atoms with E-state index in [-0.39, 0.29) is 10.6 Å². The van der Waals surface area contributed by atoms with Gasteiger partial charge in [0.05, 0.1) is 4.92 Å². The summed E-state index contributed by atoms with van der Waals surface area (Å²) in [4.78, 5) is 10.9. The first kappa shape index (κ1) is 25.0. The van der Waals surface area contributed by atoms with Crippen molar-refractivity contribution in [2.75, 3.05) is 0 Å². The molecule has 0 aliphatic carbocycles. The Morgan fingerprint density at radius 2 is 1.15 bits per heavy atom. The molecule has 6 aromatic rings. The first-order valence-corrected chi connectivity index (χ1v) is 13.3. The first-order valence-electron chi connectivity index (χ1n) is 13.3. The van der Waals surface area contributed by atoms with Crippen LogP contribution in [0.3, 0.4) is 0 Å². The van der Waals surface area contributed by atoms with E-state index in [1.54, 1.807) is 12.1 Å². The summed E-state index contributed by atoms with van der Waals surface area (Å²) in [7, 11) is 0. The van der Waals surface area contributed by atoms with Gasteiger partial charge >= 0.3 is 0 Å². The summed E-state index contributed by atoms with van der Waals surface area (Å²) < 4.78 is 0. The number of hydrogen-bond acceptors (Lipinski definition) is 2. The molecule has 0 bridgehead atoms. The maximum absolute atomic E-state index is 11.3. The summed E-state index contributed by atoms with van der Waals surface area (Å²) >= 11 is 0. The molecule has 3 nitrogen and oxygen atoms in total. The fourth-order valence-corrected chi connectivity index (χ4v) is 5.30. The van der Waals surface area contributed by atoms with Gasteiger partial charge in [0.25, 0.3) is 5.69 Å². The quantitative estimate of drug-likeness (QED) is 0.120. The molecule has 0 saturated carbocycles. The highest BCUT2D eigenvalue weighted by molar-refractivity contribution is 6.03. The minimum Gasteiger partial charge on any atom is -0.258 e. The molecular weight excluding hydrogens is 490 g/mol. The lowest BCUT2D eigenvalue weighted by Crippen LogP contribution is -1.98. The van der Waals surface area contributed by atoms with Crippen molar-refractivity contribution in [3.63, 3.8) is 0 Å². The number of nitro benzene ring substituents is 1.